The number of carbonyl (C=O) groups is 1. The highest BCUT2D eigenvalue weighted by Crippen LogP contribution is 2.34. The van der Waals surface area contributed by atoms with Crippen molar-refractivity contribution in [3.05, 3.63) is 76.6 Å². The van der Waals surface area contributed by atoms with Gasteiger partial charge in [0.2, 0.25) is 0 Å². The van der Waals surface area contributed by atoms with Crippen LogP contribution >= 0.6 is 0 Å². The fourth-order valence-corrected chi connectivity index (χ4v) is 5.15. The normalized spacial score (nSPS) is 11.9. The number of carbonyl (C=O) groups excluding carboxylic acids is 1. The molecule has 0 aliphatic carbocycles. The first-order valence-electron chi connectivity index (χ1n) is 13.1. The quantitative estimate of drug-likeness (QED) is 0.323. The largest absolute Gasteiger partial charge is 0.487 e. The summed E-state index contributed by atoms with van der Waals surface area (Å²) in [7, 11) is -3.48. The topological polar surface area (TPSA) is 94.6 Å². The smallest absolute Gasteiger partial charge is 0.407 e. The van der Waals surface area contributed by atoms with Gasteiger partial charge in [0.15, 0.2) is 9.84 Å². The third-order valence-corrected chi connectivity index (χ3v) is 7.20. The Hall–Kier alpha value is -3.39. The first-order chi connectivity index (χ1) is 18.2. The summed E-state index contributed by atoms with van der Waals surface area (Å²) in [5.74, 6) is 0.626. The van der Waals surface area contributed by atoms with E-state index in [0.29, 0.717) is 5.92 Å². The van der Waals surface area contributed by atoms with E-state index < -0.39 is 21.5 Å². The maximum absolute atomic E-state index is 12.6. The van der Waals surface area contributed by atoms with Crippen molar-refractivity contribution in [2.75, 3.05) is 6.26 Å². The molecule has 1 aromatic heterocycles. The Kier molecular flexibility index (Phi) is 9.43. The molecule has 0 saturated heterocycles. The van der Waals surface area contributed by atoms with Crippen LogP contribution in [0.1, 0.15) is 62.7 Å². The third-order valence-electron chi connectivity index (χ3n) is 6.06. The number of rotatable bonds is 9. The summed E-state index contributed by atoms with van der Waals surface area (Å²) >= 11 is 0. The molecule has 2 aromatic carbocycles. The number of aryl methyl sites for hydroxylation is 2. The van der Waals surface area contributed by atoms with Gasteiger partial charge in [-0.1, -0.05) is 55.8 Å². The molecule has 8 heteroatoms. The second kappa shape index (κ2) is 12.2. The van der Waals surface area contributed by atoms with Crippen LogP contribution in [0.4, 0.5) is 4.79 Å². The van der Waals surface area contributed by atoms with Crippen molar-refractivity contribution >= 4 is 15.9 Å². The molecule has 210 valence electrons. The molecule has 1 amide bonds. The number of pyridine rings is 1. The van der Waals surface area contributed by atoms with E-state index in [1.54, 1.807) is 24.3 Å². The molecule has 0 fully saturated rings. The fraction of sp³-hybridized carbons (Fsp3) is 0.419. The van der Waals surface area contributed by atoms with Crippen LogP contribution in [0.5, 0.6) is 5.75 Å². The van der Waals surface area contributed by atoms with Crippen LogP contribution in [0, 0.1) is 19.8 Å². The minimum absolute atomic E-state index is 0.107. The first-order valence-corrected chi connectivity index (χ1v) is 15.0. The molecular formula is C31H40N2O5S. The van der Waals surface area contributed by atoms with Crippen LogP contribution in [0.15, 0.2) is 53.4 Å². The van der Waals surface area contributed by atoms with Crippen molar-refractivity contribution in [1.82, 2.24) is 10.3 Å². The summed E-state index contributed by atoms with van der Waals surface area (Å²) in [6.45, 7) is 14.0. The second-order valence-corrected chi connectivity index (χ2v) is 13.3. The van der Waals surface area contributed by atoms with Crippen LogP contribution in [0.3, 0.4) is 0 Å². The summed E-state index contributed by atoms with van der Waals surface area (Å²) in [6.07, 6.45) is 1.39. The zero-order valence-electron chi connectivity index (χ0n) is 24.2. The molecule has 0 unspecified atom stereocenters. The number of hydrogen-bond donors (Lipinski definition) is 1. The van der Waals surface area contributed by atoms with E-state index in [1.165, 1.54) is 6.26 Å². The van der Waals surface area contributed by atoms with E-state index in [2.05, 4.69) is 19.2 Å². The molecule has 3 rings (SSSR count). The summed E-state index contributed by atoms with van der Waals surface area (Å²) in [5.41, 5.74) is 5.80. The zero-order chi connectivity index (χ0) is 29.0. The van der Waals surface area contributed by atoms with Crippen molar-refractivity contribution in [1.29, 1.82) is 0 Å². The molecule has 0 atom stereocenters. The van der Waals surface area contributed by atoms with Gasteiger partial charge in [0, 0.05) is 35.3 Å². The number of ether oxygens (including phenoxy) is 2. The third kappa shape index (κ3) is 8.30. The monoisotopic (exact) mass is 552 g/mol. The van der Waals surface area contributed by atoms with Gasteiger partial charge in [-0.15, -0.1) is 0 Å². The summed E-state index contributed by atoms with van der Waals surface area (Å²) in [6, 6.07) is 14.8. The van der Waals surface area contributed by atoms with Crippen molar-refractivity contribution in [2.45, 2.75) is 78.5 Å². The highest BCUT2D eigenvalue weighted by Gasteiger charge is 2.23. The Bertz CT molecular complexity index is 1420. The van der Waals surface area contributed by atoms with E-state index in [-0.39, 0.29) is 23.8 Å². The zero-order valence-corrected chi connectivity index (χ0v) is 25.0. The van der Waals surface area contributed by atoms with Crippen LogP contribution in [-0.2, 0) is 34.1 Å². The number of aromatic nitrogens is 1. The van der Waals surface area contributed by atoms with Crippen molar-refractivity contribution in [3.63, 3.8) is 0 Å². The minimum Gasteiger partial charge on any atom is -0.487 e. The highest BCUT2D eigenvalue weighted by molar-refractivity contribution is 7.90. The molecule has 0 bridgehead atoms. The van der Waals surface area contributed by atoms with E-state index in [4.69, 9.17) is 14.5 Å². The lowest BCUT2D eigenvalue weighted by molar-refractivity contribution is 0.0523. The van der Waals surface area contributed by atoms with Gasteiger partial charge in [-0.2, -0.15) is 0 Å². The highest BCUT2D eigenvalue weighted by atomic mass is 32.2. The number of nitrogens with zero attached hydrogens (tertiary/aromatic N) is 1. The molecule has 1 heterocycles. The van der Waals surface area contributed by atoms with Gasteiger partial charge in [-0.25, -0.2) is 13.2 Å². The molecule has 0 saturated carbocycles. The van der Waals surface area contributed by atoms with Crippen molar-refractivity contribution in [3.8, 4) is 16.9 Å². The van der Waals surface area contributed by atoms with Crippen molar-refractivity contribution in [2.24, 2.45) is 5.92 Å². The van der Waals surface area contributed by atoms with Crippen LogP contribution in [-0.4, -0.2) is 31.4 Å². The van der Waals surface area contributed by atoms with Crippen LogP contribution in [0.2, 0.25) is 0 Å². The van der Waals surface area contributed by atoms with E-state index in [0.717, 1.165) is 45.6 Å². The lowest BCUT2D eigenvalue weighted by Gasteiger charge is -2.24. The van der Waals surface area contributed by atoms with Gasteiger partial charge >= 0.3 is 6.09 Å². The summed E-state index contributed by atoms with van der Waals surface area (Å²) in [5, 5.41) is 2.92. The number of hydrogen-bond acceptors (Lipinski definition) is 6. The van der Waals surface area contributed by atoms with Gasteiger partial charge in [0.25, 0.3) is 0 Å². The summed E-state index contributed by atoms with van der Waals surface area (Å²) < 4.78 is 36.4. The number of nitrogens with one attached hydrogen (secondary N) is 1. The van der Waals surface area contributed by atoms with E-state index >= 15 is 0 Å². The molecule has 1 N–H and O–H groups in total. The van der Waals surface area contributed by atoms with Gasteiger partial charge in [-0.3, -0.25) is 4.98 Å². The van der Waals surface area contributed by atoms with Crippen molar-refractivity contribution < 1.29 is 22.7 Å². The number of amides is 1. The maximum Gasteiger partial charge on any atom is 0.407 e. The van der Waals surface area contributed by atoms with Gasteiger partial charge in [0.05, 0.1) is 0 Å². The molecule has 0 aliphatic rings. The predicted molar refractivity (Wildman–Crippen MR) is 155 cm³/mol. The Morgan fingerprint density at radius 1 is 1.00 bits per heavy atom. The number of sulfone groups is 1. The Labute approximate surface area is 232 Å². The first kappa shape index (κ1) is 30.2. The van der Waals surface area contributed by atoms with Crippen LogP contribution in [0.25, 0.3) is 11.1 Å². The van der Waals surface area contributed by atoms with E-state index in [1.807, 2.05) is 58.9 Å². The Morgan fingerprint density at radius 3 is 2.23 bits per heavy atom. The molecule has 0 spiro atoms. The molecule has 7 nitrogen and oxygen atoms in total. The fourth-order valence-electron chi connectivity index (χ4n) is 4.34. The second-order valence-electron chi connectivity index (χ2n) is 11.3. The molecule has 3 aromatic rings. The Balaban J connectivity index is 2.15. The van der Waals surface area contributed by atoms with Gasteiger partial charge < -0.3 is 14.8 Å². The molecule has 39 heavy (non-hydrogen) atoms. The molecular weight excluding hydrogens is 512 g/mol. The van der Waals surface area contributed by atoms with Crippen LogP contribution < -0.4 is 10.1 Å². The number of alkyl carbamates (subject to hydrolysis) is 1. The molecule has 0 radical (unpaired) electrons. The van der Waals surface area contributed by atoms with E-state index in [9.17, 15) is 13.2 Å². The lowest BCUT2D eigenvalue weighted by atomic mass is 9.90. The number of para-hydroxylation sites is 1. The predicted octanol–water partition coefficient (Wildman–Crippen LogP) is 6.57. The average Bonchev–Trinajstić information content (AvgIpc) is 2.81. The minimum atomic E-state index is -3.48. The summed E-state index contributed by atoms with van der Waals surface area (Å²) in [4.78, 5) is 17.7. The standard InChI is InChI=1S/C31H40N2O5S/c1-20(2)17-26-24(18-32-30(34)38-31(5,6)7)29(23-15-13-21(3)14-16-23)25(22(4)33-26)19-37-27-11-9-10-12-28(27)39(8,35)36/h9-16,20H,17-19H2,1-8H3,(H,32,34). The number of benzene rings is 2. The van der Waals surface area contributed by atoms with Gasteiger partial charge in [-0.05, 0) is 70.2 Å². The molecule has 0 aliphatic heterocycles. The Morgan fingerprint density at radius 2 is 1.64 bits per heavy atom. The lowest BCUT2D eigenvalue weighted by Crippen LogP contribution is -2.32. The average molecular weight is 553 g/mol. The van der Waals surface area contributed by atoms with Gasteiger partial charge in [0.1, 0.15) is 22.9 Å². The maximum atomic E-state index is 12.6. The SMILES string of the molecule is Cc1ccc(-c2c(COc3ccccc3S(C)(=O)=O)c(C)nc(CC(C)C)c2CNC(=O)OC(C)(C)C)cc1.